The van der Waals surface area contributed by atoms with Gasteiger partial charge in [0.05, 0.1) is 0 Å². The first-order chi connectivity index (χ1) is 7.22. The highest BCUT2D eigenvalue weighted by atomic mass is 16.2. The van der Waals surface area contributed by atoms with E-state index in [1.807, 2.05) is 0 Å². The van der Waals surface area contributed by atoms with Crippen LogP contribution < -0.4 is 11.1 Å². The number of nitrogen functional groups attached to an aromatic ring is 1. The highest BCUT2D eigenvalue weighted by Crippen LogP contribution is 1.88. The van der Waals surface area contributed by atoms with Crippen molar-refractivity contribution in [3.63, 3.8) is 0 Å². The lowest BCUT2D eigenvalue weighted by atomic mass is 10.4. The van der Waals surface area contributed by atoms with Gasteiger partial charge in [-0.15, -0.1) is 16.9 Å². The minimum absolute atomic E-state index is 0.127. The van der Waals surface area contributed by atoms with Gasteiger partial charge < -0.3 is 11.1 Å². The normalized spacial score (nSPS) is 9.13. The maximum absolute atomic E-state index is 11.3. The Hall–Kier alpha value is -2.03. The van der Waals surface area contributed by atoms with Crippen molar-refractivity contribution in [2.45, 2.75) is 19.9 Å². The zero-order valence-electron chi connectivity index (χ0n) is 8.53. The predicted molar refractivity (Wildman–Crippen MR) is 55.5 cm³/mol. The lowest BCUT2D eigenvalue weighted by Gasteiger charge is -2.01. The smallest absolute Gasteiger partial charge is 0.241 e. The van der Waals surface area contributed by atoms with Crippen LogP contribution in [0.5, 0.6) is 0 Å². The summed E-state index contributed by atoms with van der Waals surface area (Å²) in [5.41, 5.74) is 5.30. The number of carbonyl (C=O) groups is 1. The van der Waals surface area contributed by atoms with Crippen molar-refractivity contribution in [1.29, 1.82) is 0 Å². The Kier molecular flexibility index (Phi) is 4.16. The van der Waals surface area contributed by atoms with Crippen LogP contribution in [0.2, 0.25) is 0 Å². The molecular formula is C9H13N5O. The molecule has 6 heteroatoms. The third kappa shape index (κ3) is 4.13. The van der Waals surface area contributed by atoms with Crippen molar-refractivity contribution >= 4 is 11.9 Å². The summed E-state index contributed by atoms with van der Waals surface area (Å²) in [6, 6.07) is 0. The molecule has 0 aliphatic rings. The molecule has 1 amide bonds. The van der Waals surface area contributed by atoms with Crippen LogP contribution >= 0.6 is 0 Å². The van der Waals surface area contributed by atoms with Gasteiger partial charge in [0.1, 0.15) is 12.9 Å². The molecule has 80 valence electrons. The van der Waals surface area contributed by atoms with Crippen molar-refractivity contribution in [3.05, 3.63) is 6.33 Å². The van der Waals surface area contributed by atoms with E-state index >= 15 is 0 Å². The molecule has 6 nitrogen and oxygen atoms in total. The number of nitrogens with one attached hydrogen (secondary N) is 1. The molecule has 1 heterocycles. The van der Waals surface area contributed by atoms with Gasteiger partial charge in [-0.05, 0) is 6.92 Å². The van der Waals surface area contributed by atoms with Gasteiger partial charge in [0.25, 0.3) is 0 Å². The summed E-state index contributed by atoms with van der Waals surface area (Å²) >= 11 is 0. The van der Waals surface area contributed by atoms with Crippen LogP contribution in [0.4, 0.5) is 5.95 Å². The van der Waals surface area contributed by atoms with Crippen molar-refractivity contribution in [1.82, 2.24) is 20.1 Å². The molecule has 1 aromatic heterocycles. The largest absolute Gasteiger partial charge is 0.367 e. The molecule has 0 fully saturated rings. The Morgan fingerprint density at radius 2 is 2.53 bits per heavy atom. The molecule has 0 spiro atoms. The second kappa shape index (κ2) is 5.65. The molecular weight excluding hydrogens is 194 g/mol. The number of nitrogens with zero attached hydrogens (tertiary/aromatic N) is 3. The van der Waals surface area contributed by atoms with Crippen LogP contribution in [-0.4, -0.2) is 27.2 Å². The van der Waals surface area contributed by atoms with Crippen molar-refractivity contribution in [2.24, 2.45) is 0 Å². The second-order valence-corrected chi connectivity index (χ2v) is 2.83. The monoisotopic (exact) mass is 207 g/mol. The van der Waals surface area contributed by atoms with Crippen molar-refractivity contribution in [2.75, 3.05) is 12.3 Å². The minimum Gasteiger partial charge on any atom is -0.367 e. The second-order valence-electron chi connectivity index (χ2n) is 2.83. The van der Waals surface area contributed by atoms with Crippen LogP contribution in [0.1, 0.15) is 13.3 Å². The summed E-state index contributed by atoms with van der Waals surface area (Å²) in [4.78, 5) is 15.0. The first-order valence-corrected chi connectivity index (χ1v) is 4.53. The number of aromatic nitrogens is 3. The molecule has 0 unspecified atom stereocenters. The third-order valence-electron chi connectivity index (χ3n) is 1.61. The van der Waals surface area contributed by atoms with E-state index in [1.165, 1.54) is 11.0 Å². The van der Waals surface area contributed by atoms with Gasteiger partial charge in [0.2, 0.25) is 11.9 Å². The number of rotatable bonds is 4. The van der Waals surface area contributed by atoms with E-state index in [-0.39, 0.29) is 18.4 Å². The topological polar surface area (TPSA) is 85.8 Å². The Labute approximate surface area is 87.9 Å². The highest BCUT2D eigenvalue weighted by Gasteiger charge is 2.02. The molecule has 15 heavy (non-hydrogen) atoms. The van der Waals surface area contributed by atoms with E-state index in [2.05, 4.69) is 27.2 Å². The minimum atomic E-state index is -0.127. The molecule has 0 saturated heterocycles. The van der Waals surface area contributed by atoms with Gasteiger partial charge >= 0.3 is 0 Å². The van der Waals surface area contributed by atoms with Gasteiger partial charge in [-0.1, -0.05) is 0 Å². The van der Waals surface area contributed by atoms with Crippen LogP contribution in [0, 0.1) is 11.8 Å². The van der Waals surface area contributed by atoms with Gasteiger partial charge in [-0.2, -0.15) is 0 Å². The van der Waals surface area contributed by atoms with Crippen molar-refractivity contribution in [3.8, 4) is 11.8 Å². The summed E-state index contributed by atoms with van der Waals surface area (Å²) in [6.45, 7) is 2.44. The maximum atomic E-state index is 11.3. The molecule has 1 aromatic rings. The number of carbonyl (C=O) groups excluding carboxylic acids is 1. The van der Waals surface area contributed by atoms with Gasteiger partial charge in [0.15, 0.2) is 0 Å². The summed E-state index contributed by atoms with van der Waals surface area (Å²) in [7, 11) is 0. The van der Waals surface area contributed by atoms with Crippen LogP contribution in [-0.2, 0) is 11.3 Å². The molecule has 0 aromatic carbocycles. The first-order valence-electron chi connectivity index (χ1n) is 4.53. The fourth-order valence-corrected chi connectivity index (χ4v) is 0.978. The maximum Gasteiger partial charge on any atom is 0.241 e. The van der Waals surface area contributed by atoms with Crippen LogP contribution in [0.3, 0.4) is 0 Å². The number of anilines is 1. The zero-order chi connectivity index (χ0) is 11.1. The number of nitrogens with two attached hydrogens (primary N) is 1. The Morgan fingerprint density at radius 3 is 3.13 bits per heavy atom. The summed E-state index contributed by atoms with van der Waals surface area (Å²) in [5, 5.41) is 6.49. The molecule has 3 N–H and O–H groups in total. The first kappa shape index (κ1) is 11.0. The lowest BCUT2D eigenvalue weighted by molar-refractivity contribution is -0.121. The molecule has 0 radical (unpaired) electrons. The molecule has 0 saturated carbocycles. The highest BCUT2D eigenvalue weighted by molar-refractivity contribution is 5.75. The third-order valence-corrected chi connectivity index (χ3v) is 1.61. The zero-order valence-corrected chi connectivity index (χ0v) is 8.53. The number of hydrogen-bond acceptors (Lipinski definition) is 4. The Bertz CT molecular complexity index is 387. The van der Waals surface area contributed by atoms with E-state index in [0.717, 1.165) is 0 Å². The Balaban J connectivity index is 2.26. The van der Waals surface area contributed by atoms with E-state index in [4.69, 9.17) is 5.73 Å². The summed E-state index contributed by atoms with van der Waals surface area (Å²) < 4.78 is 1.39. The standard InChI is InChI=1S/C9H13N5O/c1-2-3-4-5-11-8(15)6-14-7-12-9(10)13-14/h7H,4-6H2,1H3,(H2,10,13)(H,11,15). The fraction of sp³-hybridized carbons (Fsp3) is 0.444. The summed E-state index contributed by atoms with van der Waals surface area (Å²) in [6.07, 6.45) is 2.07. The van der Waals surface area contributed by atoms with Gasteiger partial charge in [-0.3, -0.25) is 4.79 Å². The van der Waals surface area contributed by atoms with Crippen molar-refractivity contribution < 1.29 is 4.79 Å². The van der Waals surface area contributed by atoms with Crippen LogP contribution in [0.15, 0.2) is 6.33 Å². The van der Waals surface area contributed by atoms with E-state index in [0.29, 0.717) is 13.0 Å². The number of hydrogen-bond donors (Lipinski definition) is 2. The Morgan fingerprint density at radius 1 is 1.73 bits per heavy atom. The quantitative estimate of drug-likeness (QED) is 0.509. The fourth-order valence-electron chi connectivity index (χ4n) is 0.978. The number of amides is 1. The summed E-state index contributed by atoms with van der Waals surface area (Å²) in [5.74, 6) is 5.64. The van der Waals surface area contributed by atoms with E-state index < -0.39 is 0 Å². The molecule has 0 bridgehead atoms. The average Bonchev–Trinajstić information content (AvgIpc) is 2.59. The van der Waals surface area contributed by atoms with E-state index in [1.54, 1.807) is 6.92 Å². The lowest BCUT2D eigenvalue weighted by Crippen LogP contribution is -2.28. The molecule has 0 atom stereocenters. The van der Waals surface area contributed by atoms with Gasteiger partial charge in [0, 0.05) is 13.0 Å². The molecule has 0 aliphatic heterocycles. The molecule has 1 rings (SSSR count). The van der Waals surface area contributed by atoms with E-state index in [9.17, 15) is 4.79 Å². The SMILES string of the molecule is CC#CCCNC(=O)Cn1cnc(N)n1. The molecule has 0 aliphatic carbocycles. The van der Waals surface area contributed by atoms with Crippen LogP contribution in [0.25, 0.3) is 0 Å². The van der Waals surface area contributed by atoms with Gasteiger partial charge in [-0.25, -0.2) is 9.67 Å². The average molecular weight is 207 g/mol. The predicted octanol–water partition coefficient (Wildman–Crippen LogP) is -0.610.